The van der Waals surface area contributed by atoms with Crippen molar-refractivity contribution in [2.75, 3.05) is 7.11 Å². The molecule has 110 valence electrons. The number of alkyl carbamates (subject to hydrolysis) is 1. The smallest absolute Gasteiger partial charge is 0.407 e. The van der Waals surface area contributed by atoms with Gasteiger partial charge in [0.15, 0.2) is 6.10 Å². The van der Waals surface area contributed by atoms with Gasteiger partial charge in [-0.2, -0.15) is 0 Å². The number of hydrogen-bond donors (Lipinski definition) is 1. The number of methoxy groups -OCH3 is 1. The molecule has 1 saturated heterocycles. The van der Waals surface area contributed by atoms with E-state index in [0.717, 1.165) is 0 Å². The molecule has 1 heterocycles. The monoisotopic (exact) mass is 273 g/mol. The van der Waals surface area contributed by atoms with Crippen molar-refractivity contribution < 1.29 is 23.8 Å². The zero-order valence-electron chi connectivity index (χ0n) is 12.2. The number of carbonyl (C=O) groups excluding carboxylic acids is 2. The molecule has 0 spiro atoms. The minimum atomic E-state index is -0.533. The molecule has 3 atom stereocenters. The molecule has 0 saturated carbocycles. The Hall–Kier alpha value is -1.30. The van der Waals surface area contributed by atoms with E-state index in [0.29, 0.717) is 12.8 Å². The maximum Gasteiger partial charge on any atom is 0.407 e. The van der Waals surface area contributed by atoms with E-state index in [-0.39, 0.29) is 18.1 Å². The van der Waals surface area contributed by atoms with E-state index in [1.807, 2.05) is 6.92 Å². The first kappa shape index (κ1) is 15.8. The highest BCUT2D eigenvalue weighted by atomic mass is 16.6. The number of carbonyl (C=O) groups is 2. The maximum absolute atomic E-state index is 11.6. The first-order chi connectivity index (χ1) is 8.73. The molecule has 0 aromatic carbocycles. The van der Waals surface area contributed by atoms with Crippen LogP contribution in [0.25, 0.3) is 0 Å². The molecule has 0 unspecified atom stereocenters. The quantitative estimate of drug-likeness (QED) is 0.791. The topological polar surface area (TPSA) is 73.9 Å². The van der Waals surface area contributed by atoms with Gasteiger partial charge >= 0.3 is 12.1 Å². The number of esters is 1. The highest BCUT2D eigenvalue weighted by Gasteiger charge is 2.35. The summed E-state index contributed by atoms with van der Waals surface area (Å²) in [6.45, 7) is 7.23. The van der Waals surface area contributed by atoms with Crippen molar-refractivity contribution in [3.05, 3.63) is 0 Å². The number of rotatable bonds is 3. The SMILES string of the molecule is COC(=O)[C@H]1CC[C@H]([C@@H](C)NC(=O)OC(C)(C)C)O1. The molecule has 1 fully saturated rings. The van der Waals surface area contributed by atoms with E-state index in [1.54, 1.807) is 20.8 Å². The molecule has 6 nitrogen and oxygen atoms in total. The van der Waals surface area contributed by atoms with E-state index in [2.05, 4.69) is 10.1 Å². The van der Waals surface area contributed by atoms with E-state index in [4.69, 9.17) is 9.47 Å². The van der Waals surface area contributed by atoms with Crippen molar-refractivity contribution in [1.82, 2.24) is 5.32 Å². The average molecular weight is 273 g/mol. The Labute approximate surface area is 113 Å². The average Bonchev–Trinajstić information content (AvgIpc) is 2.74. The summed E-state index contributed by atoms with van der Waals surface area (Å²) in [6.07, 6.45) is 0.105. The highest BCUT2D eigenvalue weighted by molar-refractivity contribution is 5.74. The number of amides is 1. The molecule has 6 heteroatoms. The molecule has 1 amide bonds. The van der Waals surface area contributed by atoms with Crippen LogP contribution in [0.4, 0.5) is 4.79 Å². The van der Waals surface area contributed by atoms with Crippen molar-refractivity contribution in [2.45, 2.75) is 64.4 Å². The fraction of sp³-hybridized carbons (Fsp3) is 0.846. The predicted molar refractivity (Wildman–Crippen MR) is 68.7 cm³/mol. The summed E-state index contributed by atoms with van der Waals surface area (Å²) in [4.78, 5) is 22.9. The molecule has 1 aliphatic heterocycles. The van der Waals surface area contributed by atoms with Gasteiger partial charge in [-0.05, 0) is 40.5 Å². The summed E-state index contributed by atoms with van der Waals surface area (Å²) >= 11 is 0. The van der Waals surface area contributed by atoms with Gasteiger partial charge in [-0.15, -0.1) is 0 Å². The van der Waals surface area contributed by atoms with Crippen LogP contribution < -0.4 is 5.32 Å². The van der Waals surface area contributed by atoms with Gasteiger partial charge in [0.05, 0.1) is 19.3 Å². The van der Waals surface area contributed by atoms with Gasteiger partial charge in [0.1, 0.15) is 5.60 Å². The Morgan fingerprint density at radius 3 is 2.47 bits per heavy atom. The lowest BCUT2D eigenvalue weighted by atomic mass is 10.1. The normalized spacial score (nSPS) is 24.7. The summed E-state index contributed by atoms with van der Waals surface area (Å²) in [7, 11) is 1.33. The van der Waals surface area contributed by atoms with Crippen LogP contribution in [-0.2, 0) is 19.0 Å². The van der Waals surface area contributed by atoms with Crippen molar-refractivity contribution in [2.24, 2.45) is 0 Å². The second kappa shape index (κ2) is 6.23. The molecule has 0 aromatic rings. The summed E-state index contributed by atoms with van der Waals surface area (Å²) in [5.41, 5.74) is -0.533. The van der Waals surface area contributed by atoms with Gasteiger partial charge in [0.2, 0.25) is 0 Å². The second-order valence-electron chi connectivity index (χ2n) is 5.70. The predicted octanol–water partition coefficient (Wildman–Crippen LogP) is 1.62. The molecule has 0 aliphatic carbocycles. The zero-order chi connectivity index (χ0) is 14.6. The van der Waals surface area contributed by atoms with Gasteiger partial charge in [-0.25, -0.2) is 9.59 Å². The molecule has 19 heavy (non-hydrogen) atoms. The van der Waals surface area contributed by atoms with Gasteiger partial charge in [-0.1, -0.05) is 0 Å². The molecular formula is C13H23NO5. The van der Waals surface area contributed by atoms with Gasteiger partial charge < -0.3 is 19.5 Å². The van der Waals surface area contributed by atoms with Gasteiger partial charge in [0.25, 0.3) is 0 Å². The largest absolute Gasteiger partial charge is 0.467 e. The maximum atomic E-state index is 11.6. The molecular weight excluding hydrogens is 250 g/mol. The second-order valence-corrected chi connectivity index (χ2v) is 5.70. The van der Waals surface area contributed by atoms with Crippen LogP contribution in [0, 0.1) is 0 Å². The first-order valence-corrected chi connectivity index (χ1v) is 6.45. The number of nitrogens with one attached hydrogen (secondary N) is 1. The van der Waals surface area contributed by atoms with E-state index >= 15 is 0 Å². The van der Waals surface area contributed by atoms with Crippen LogP contribution >= 0.6 is 0 Å². The Morgan fingerprint density at radius 1 is 1.32 bits per heavy atom. The fourth-order valence-corrected chi connectivity index (χ4v) is 1.92. The minimum Gasteiger partial charge on any atom is -0.467 e. The molecule has 1 aliphatic rings. The van der Waals surface area contributed by atoms with Crippen LogP contribution in [0.2, 0.25) is 0 Å². The van der Waals surface area contributed by atoms with E-state index < -0.39 is 17.8 Å². The molecule has 1 N–H and O–H groups in total. The van der Waals surface area contributed by atoms with E-state index in [1.165, 1.54) is 7.11 Å². The zero-order valence-corrected chi connectivity index (χ0v) is 12.2. The third-order valence-electron chi connectivity index (χ3n) is 2.82. The van der Waals surface area contributed by atoms with Crippen molar-refractivity contribution in [3.63, 3.8) is 0 Å². The summed E-state index contributed by atoms with van der Waals surface area (Å²) < 4.78 is 15.4. The first-order valence-electron chi connectivity index (χ1n) is 6.45. The van der Waals surface area contributed by atoms with Crippen LogP contribution in [0.3, 0.4) is 0 Å². The van der Waals surface area contributed by atoms with Crippen LogP contribution in [0.5, 0.6) is 0 Å². The lowest BCUT2D eigenvalue weighted by Gasteiger charge is -2.24. The van der Waals surface area contributed by atoms with Crippen LogP contribution in [0.1, 0.15) is 40.5 Å². The highest BCUT2D eigenvalue weighted by Crippen LogP contribution is 2.23. The Morgan fingerprint density at radius 2 is 1.95 bits per heavy atom. The molecule has 0 radical (unpaired) electrons. The molecule has 1 rings (SSSR count). The van der Waals surface area contributed by atoms with Crippen LogP contribution in [-0.4, -0.2) is 43.0 Å². The van der Waals surface area contributed by atoms with Crippen LogP contribution in [0.15, 0.2) is 0 Å². The van der Waals surface area contributed by atoms with Crippen molar-refractivity contribution >= 4 is 12.1 Å². The Kier molecular flexibility index (Phi) is 5.17. The summed E-state index contributed by atoms with van der Waals surface area (Å²) in [6, 6.07) is -0.218. The fourth-order valence-electron chi connectivity index (χ4n) is 1.92. The number of hydrogen-bond acceptors (Lipinski definition) is 5. The number of ether oxygens (including phenoxy) is 3. The third kappa shape index (κ3) is 5.06. The standard InChI is InChI=1S/C13H23NO5/c1-8(14-12(16)19-13(2,3)4)9-6-7-10(18-9)11(15)17-5/h8-10H,6-7H2,1-5H3,(H,14,16)/t8-,9-,10-/m1/s1. The third-order valence-corrected chi connectivity index (χ3v) is 2.82. The Bertz CT molecular complexity index is 336. The van der Waals surface area contributed by atoms with Gasteiger partial charge in [-0.3, -0.25) is 0 Å². The lowest BCUT2D eigenvalue weighted by molar-refractivity contribution is -0.153. The summed E-state index contributed by atoms with van der Waals surface area (Å²) in [5, 5.41) is 2.72. The van der Waals surface area contributed by atoms with Crippen molar-refractivity contribution in [3.8, 4) is 0 Å². The van der Waals surface area contributed by atoms with Crippen molar-refractivity contribution in [1.29, 1.82) is 0 Å². The Balaban J connectivity index is 2.41. The molecule has 0 bridgehead atoms. The van der Waals surface area contributed by atoms with E-state index in [9.17, 15) is 9.59 Å². The molecule has 0 aromatic heterocycles. The lowest BCUT2D eigenvalue weighted by Crippen LogP contribution is -2.44. The summed E-state index contributed by atoms with van der Waals surface area (Å²) in [5.74, 6) is -0.369. The van der Waals surface area contributed by atoms with Gasteiger partial charge in [0, 0.05) is 0 Å². The minimum absolute atomic E-state index is 0.198.